The van der Waals surface area contributed by atoms with E-state index in [0.29, 0.717) is 29.1 Å². The Bertz CT molecular complexity index is 1060. The molecule has 0 saturated heterocycles. The van der Waals surface area contributed by atoms with E-state index in [1.807, 2.05) is 47.9 Å². The highest BCUT2D eigenvalue weighted by Gasteiger charge is 2.21. The maximum atomic E-state index is 12.7. The number of aromatic nitrogens is 3. The van der Waals surface area contributed by atoms with Crippen molar-refractivity contribution in [1.82, 2.24) is 20.1 Å². The zero-order valence-electron chi connectivity index (χ0n) is 18.1. The van der Waals surface area contributed by atoms with Crippen LogP contribution in [0.25, 0.3) is 11.4 Å². The predicted molar refractivity (Wildman–Crippen MR) is 128 cm³/mol. The standard InChI is InChI=1S/C24H27ClN4O2S/c1-17(23(30)26-14-13-18-6-3-2-4-7-18)32-24-28-27-22(19-9-11-20(25)12-10-19)29(24)16-21-8-5-15-31-21/h5-6,8-12,15,17H,2-4,7,13-14,16H2,1H3,(H,26,30). The van der Waals surface area contributed by atoms with E-state index in [4.69, 9.17) is 16.0 Å². The number of halogens is 1. The van der Waals surface area contributed by atoms with Crippen molar-refractivity contribution in [2.45, 2.75) is 56.0 Å². The van der Waals surface area contributed by atoms with Crippen LogP contribution in [0.5, 0.6) is 0 Å². The second-order valence-electron chi connectivity index (χ2n) is 7.89. The van der Waals surface area contributed by atoms with Crippen LogP contribution in [0.3, 0.4) is 0 Å². The third kappa shape index (κ3) is 5.84. The molecule has 0 aliphatic heterocycles. The average Bonchev–Trinajstić information content (AvgIpc) is 3.46. The molecule has 0 spiro atoms. The van der Waals surface area contributed by atoms with Crippen LogP contribution >= 0.6 is 23.4 Å². The minimum absolute atomic E-state index is 0.00648. The number of hydrogen-bond donors (Lipinski definition) is 1. The van der Waals surface area contributed by atoms with E-state index < -0.39 is 0 Å². The molecule has 2 heterocycles. The Labute approximate surface area is 197 Å². The number of nitrogens with one attached hydrogen (secondary N) is 1. The molecular weight excluding hydrogens is 444 g/mol. The molecule has 1 atom stereocenters. The maximum absolute atomic E-state index is 12.7. The number of carbonyl (C=O) groups is 1. The van der Waals surface area contributed by atoms with E-state index in [1.54, 1.807) is 6.26 Å². The molecular formula is C24H27ClN4O2S. The quantitative estimate of drug-likeness (QED) is 0.319. The van der Waals surface area contributed by atoms with Gasteiger partial charge in [0.15, 0.2) is 11.0 Å². The Morgan fingerprint density at radius 1 is 1.25 bits per heavy atom. The number of thioether (sulfide) groups is 1. The molecule has 1 aromatic carbocycles. The smallest absolute Gasteiger partial charge is 0.233 e. The molecule has 168 valence electrons. The fourth-order valence-corrected chi connectivity index (χ4v) is 4.72. The van der Waals surface area contributed by atoms with Gasteiger partial charge in [-0.1, -0.05) is 35.0 Å². The summed E-state index contributed by atoms with van der Waals surface area (Å²) in [4.78, 5) is 12.7. The number of benzene rings is 1. The molecule has 3 aromatic rings. The number of hydrogen-bond acceptors (Lipinski definition) is 5. The average molecular weight is 471 g/mol. The number of carbonyl (C=O) groups excluding carboxylic acids is 1. The van der Waals surface area contributed by atoms with E-state index in [0.717, 1.165) is 30.6 Å². The van der Waals surface area contributed by atoms with E-state index in [-0.39, 0.29) is 11.2 Å². The number of amides is 1. The fraction of sp³-hybridized carbons (Fsp3) is 0.375. The van der Waals surface area contributed by atoms with Crippen molar-refractivity contribution >= 4 is 29.3 Å². The highest BCUT2D eigenvalue weighted by molar-refractivity contribution is 8.00. The molecule has 4 rings (SSSR count). The topological polar surface area (TPSA) is 73.0 Å². The highest BCUT2D eigenvalue weighted by atomic mass is 35.5. The minimum atomic E-state index is -0.298. The summed E-state index contributed by atoms with van der Waals surface area (Å²) < 4.78 is 7.52. The van der Waals surface area contributed by atoms with Gasteiger partial charge in [-0.2, -0.15) is 0 Å². The molecule has 8 heteroatoms. The van der Waals surface area contributed by atoms with Crippen molar-refractivity contribution in [2.24, 2.45) is 0 Å². The summed E-state index contributed by atoms with van der Waals surface area (Å²) in [5.41, 5.74) is 2.36. The first-order valence-electron chi connectivity index (χ1n) is 10.9. The van der Waals surface area contributed by atoms with E-state index in [1.165, 1.54) is 30.2 Å². The van der Waals surface area contributed by atoms with Crippen molar-refractivity contribution in [3.05, 3.63) is 65.1 Å². The summed E-state index contributed by atoms with van der Waals surface area (Å²) >= 11 is 7.44. The minimum Gasteiger partial charge on any atom is -0.467 e. The summed E-state index contributed by atoms with van der Waals surface area (Å²) in [7, 11) is 0. The number of rotatable bonds is 9. The number of furan rings is 1. The van der Waals surface area contributed by atoms with Crippen molar-refractivity contribution < 1.29 is 9.21 Å². The molecule has 0 bridgehead atoms. The van der Waals surface area contributed by atoms with E-state index >= 15 is 0 Å². The second-order valence-corrected chi connectivity index (χ2v) is 9.63. The Morgan fingerprint density at radius 3 is 2.81 bits per heavy atom. The second kappa shape index (κ2) is 10.9. The van der Waals surface area contributed by atoms with Crippen LogP contribution in [0.15, 0.2) is 63.9 Å². The number of allylic oxidation sites excluding steroid dienone is 1. The lowest BCUT2D eigenvalue weighted by Crippen LogP contribution is -2.32. The molecule has 0 radical (unpaired) electrons. The SMILES string of the molecule is CC(Sc1nnc(-c2ccc(Cl)cc2)n1Cc1ccco1)C(=O)NCCC1=CCCCC1. The highest BCUT2D eigenvalue weighted by Crippen LogP contribution is 2.29. The maximum Gasteiger partial charge on any atom is 0.233 e. The van der Waals surface area contributed by atoms with Gasteiger partial charge < -0.3 is 9.73 Å². The van der Waals surface area contributed by atoms with Crippen molar-refractivity contribution in [3.63, 3.8) is 0 Å². The van der Waals surface area contributed by atoms with Crippen LogP contribution in [0.4, 0.5) is 0 Å². The van der Waals surface area contributed by atoms with Gasteiger partial charge in [0.25, 0.3) is 0 Å². The lowest BCUT2D eigenvalue weighted by molar-refractivity contribution is -0.120. The van der Waals surface area contributed by atoms with Gasteiger partial charge in [-0.05, 0) is 75.4 Å². The molecule has 6 nitrogen and oxygen atoms in total. The largest absolute Gasteiger partial charge is 0.467 e. The zero-order chi connectivity index (χ0) is 22.3. The lowest BCUT2D eigenvalue weighted by atomic mass is 9.97. The van der Waals surface area contributed by atoms with Gasteiger partial charge in [0.2, 0.25) is 5.91 Å². The molecule has 1 aliphatic rings. The van der Waals surface area contributed by atoms with Crippen molar-refractivity contribution in [1.29, 1.82) is 0 Å². The van der Waals surface area contributed by atoms with Gasteiger partial charge in [-0.3, -0.25) is 9.36 Å². The molecule has 1 amide bonds. The summed E-state index contributed by atoms with van der Waals surface area (Å²) in [6, 6.07) is 11.2. The van der Waals surface area contributed by atoms with Crippen LogP contribution < -0.4 is 5.32 Å². The van der Waals surface area contributed by atoms with Crippen LogP contribution in [0.1, 0.15) is 44.8 Å². The monoisotopic (exact) mass is 470 g/mol. The third-order valence-corrected chi connectivity index (χ3v) is 6.83. The Balaban J connectivity index is 1.45. The van der Waals surface area contributed by atoms with Gasteiger partial charge in [0, 0.05) is 17.1 Å². The first kappa shape index (κ1) is 22.7. The molecule has 0 saturated carbocycles. The van der Waals surface area contributed by atoms with Crippen LogP contribution in [-0.4, -0.2) is 32.5 Å². The van der Waals surface area contributed by atoms with Gasteiger partial charge in [0.05, 0.1) is 18.1 Å². The van der Waals surface area contributed by atoms with Gasteiger partial charge in [-0.15, -0.1) is 10.2 Å². The van der Waals surface area contributed by atoms with Gasteiger partial charge in [-0.25, -0.2) is 0 Å². The number of nitrogens with zero attached hydrogens (tertiary/aromatic N) is 3. The van der Waals surface area contributed by atoms with E-state index in [2.05, 4.69) is 21.6 Å². The summed E-state index contributed by atoms with van der Waals surface area (Å²) in [6.45, 7) is 3.04. The first-order valence-corrected chi connectivity index (χ1v) is 12.2. The van der Waals surface area contributed by atoms with Crippen molar-refractivity contribution in [2.75, 3.05) is 6.54 Å². The molecule has 1 aliphatic carbocycles. The van der Waals surface area contributed by atoms with Crippen molar-refractivity contribution in [3.8, 4) is 11.4 Å². The zero-order valence-corrected chi connectivity index (χ0v) is 19.7. The summed E-state index contributed by atoms with van der Waals surface area (Å²) in [6.07, 6.45) is 9.75. The fourth-order valence-electron chi connectivity index (χ4n) is 3.72. The van der Waals surface area contributed by atoms with Crippen LogP contribution in [0.2, 0.25) is 5.02 Å². The molecule has 32 heavy (non-hydrogen) atoms. The van der Waals surface area contributed by atoms with Crippen LogP contribution in [0, 0.1) is 0 Å². The first-order chi connectivity index (χ1) is 15.6. The molecule has 0 fully saturated rings. The lowest BCUT2D eigenvalue weighted by Gasteiger charge is -2.15. The summed E-state index contributed by atoms with van der Waals surface area (Å²) in [5, 5.41) is 12.9. The van der Waals surface area contributed by atoms with Gasteiger partial charge >= 0.3 is 0 Å². The Morgan fingerprint density at radius 2 is 2.09 bits per heavy atom. The van der Waals surface area contributed by atoms with E-state index in [9.17, 15) is 4.79 Å². The predicted octanol–water partition coefficient (Wildman–Crippen LogP) is 5.73. The third-order valence-electron chi connectivity index (χ3n) is 5.50. The molecule has 2 aromatic heterocycles. The van der Waals surface area contributed by atoms with Crippen LogP contribution in [-0.2, 0) is 11.3 Å². The van der Waals surface area contributed by atoms with Gasteiger partial charge in [0.1, 0.15) is 5.76 Å². The normalized spacial score (nSPS) is 14.8. The molecule has 1 unspecified atom stereocenters. The Kier molecular flexibility index (Phi) is 7.71. The molecule has 1 N–H and O–H groups in total. The summed E-state index contributed by atoms with van der Waals surface area (Å²) in [5.74, 6) is 1.50. The Hall–Kier alpha value is -2.51.